The maximum atomic E-state index is 13.3. The number of nitrogens with one attached hydrogen (secondary N) is 2. The first-order valence-electron chi connectivity index (χ1n) is 13.1. The van der Waals surface area contributed by atoms with Crippen LogP contribution in [0.15, 0.2) is 36.4 Å². The number of phenols is 1. The fourth-order valence-electron chi connectivity index (χ4n) is 4.51. The normalized spacial score (nSPS) is 15.7. The van der Waals surface area contributed by atoms with Gasteiger partial charge in [0, 0.05) is 6.54 Å². The van der Waals surface area contributed by atoms with Crippen LogP contribution < -0.4 is 22.1 Å². The number of Topliss-reactive ketones (excluding diaryl/α,β-unsaturated/α-hetero) is 1. The molecule has 0 radical (unpaired) electrons. The van der Waals surface area contributed by atoms with Gasteiger partial charge in [0.15, 0.2) is 5.78 Å². The number of aromatic hydroxyl groups is 1. The number of piperidine rings is 1. The van der Waals surface area contributed by atoms with E-state index in [1.807, 2.05) is 0 Å². The average molecular weight is 580 g/mol. The Morgan fingerprint density at radius 2 is 1.76 bits per heavy atom. The lowest BCUT2D eigenvalue weighted by Crippen LogP contribution is -2.47. The molecule has 1 heterocycles. The van der Waals surface area contributed by atoms with Crippen LogP contribution in [0.5, 0.6) is 5.75 Å². The quantitative estimate of drug-likeness (QED) is 0.233. The molecule has 1 atom stereocenters. The number of alkyl halides is 3. The van der Waals surface area contributed by atoms with Crippen LogP contribution in [0.25, 0.3) is 0 Å². The van der Waals surface area contributed by atoms with Crippen molar-refractivity contribution in [1.29, 1.82) is 0 Å². The molecular weight excluding hydrogens is 543 g/mol. The molecule has 3 rings (SSSR count). The number of amides is 2. The van der Waals surface area contributed by atoms with Crippen LogP contribution in [0.2, 0.25) is 0 Å². The summed E-state index contributed by atoms with van der Waals surface area (Å²) in [7, 11) is 0. The molecule has 2 amide bonds. The van der Waals surface area contributed by atoms with Gasteiger partial charge in [-0.3, -0.25) is 19.8 Å². The summed E-state index contributed by atoms with van der Waals surface area (Å²) < 4.78 is 45.1. The largest absolute Gasteiger partial charge is 0.506 e. The van der Waals surface area contributed by atoms with Crippen molar-refractivity contribution in [3.63, 3.8) is 0 Å². The van der Waals surface area contributed by atoms with Gasteiger partial charge in [-0.15, -0.1) is 0 Å². The average Bonchev–Trinajstić information content (AvgIpc) is 2.87. The van der Waals surface area contributed by atoms with Crippen molar-refractivity contribution in [2.24, 2.45) is 11.7 Å². The zero-order chi connectivity index (χ0) is 30.5. The van der Waals surface area contributed by atoms with Gasteiger partial charge in [0.1, 0.15) is 11.4 Å². The highest BCUT2D eigenvalue weighted by molar-refractivity contribution is 6.04. The van der Waals surface area contributed by atoms with Gasteiger partial charge in [0.25, 0.3) is 5.91 Å². The van der Waals surface area contributed by atoms with Crippen LogP contribution in [0.4, 0.5) is 29.3 Å². The van der Waals surface area contributed by atoms with Gasteiger partial charge in [0.2, 0.25) is 0 Å². The molecule has 1 unspecified atom stereocenters. The maximum absolute atomic E-state index is 13.3. The lowest BCUT2D eigenvalue weighted by atomic mass is 9.87. The van der Waals surface area contributed by atoms with E-state index in [0.717, 1.165) is 17.7 Å². The van der Waals surface area contributed by atoms with E-state index in [4.69, 9.17) is 16.2 Å². The highest BCUT2D eigenvalue weighted by Gasteiger charge is 2.33. The number of benzene rings is 2. The Bertz CT molecular complexity index is 1270. The molecule has 0 saturated carbocycles. The lowest BCUT2D eigenvalue weighted by Gasteiger charge is -2.34. The molecule has 7 N–H and O–H groups in total. The summed E-state index contributed by atoms with van der Waals surface area (Å²) in [6.45, 7) is 6.29. The molecule has 13 heteroatoms. The Kier molecular flexibility index (Phi) is 9.87. The number of phenolic OH excluding ortho intramolecular Hbond substituents is 1. The van der Waals surface area contributed by atoms with Crippen LogP contribution in [-0.2, 0) is 22.3 Å². The first-order valence-corrected chi connectivity index (χ1v) is 13.1. The third-order valence-electron chi connectivity index (χ3n) is 6.66. The third-order valence-corrected chi connectivity index (χ3v) is 6.66. The number of ketones is 1. The fraction of sp³-hybridized carbons (Fsp3) is 0.464. The van der Waals surface area contributed by atoms with E-state index in [0.29, 0.717) is 44.2 Å². The second-order valence-corrected chi connectivity index (χ2v) is 11.1. The minimum absolute atomic E-state index is 0.0209. The van der Waals surface area contributed by atoms with Gasteiger partial charge in [-0.25, -0.2) is 4.79 Å². The zero-order valence-electron chi connectivity index (χ0n) is 23.2. The highest BCUT2D eigenvalue weighted by atomic mass is 19.4. The number of ether oxygens (including phenoxy) is 1. The van der Waals surface area contributed by atoms with E-state index in [1.165, 1.54) is 6.07 Å². The molecule has 0 aliphatic carbocycles. The van der Waals surface area contributed by atoms with Gasteiger partial charge < -0.3 is 26.6 Å². The summed E-state index contributed by atoms with van der Waals surface area (Å²) in [5.41, 5.74) is 10.5. The van der Waals surface area contributed by atoms with Gasteiger partial charge in [0.05, 0.1) is 35.1 Å². The van der Waals surface area contributed by atoms with Crippen molar-refractivity contribution in [2.45, 2.75) is 58.0 Å². The standard InChI is InChI=1S/C28H36F3N5O5/c1-27(2,3)41-26(40)35-21-6-5-18(28(29,30)31)13-19(21)25(39)34-14-23(38)24(33)17-8-10-36(11-9-17)15-16-4-7-22(37)20(32)12-16/h4-7,12-13,17,24,37H,8-11,14-15,32-33H2,1-3H3,(H,34,39)(H,35,40). The van der Waals surface area contributed by atoms with Crippen LogP contribution in [0.3, 0.4) is 0 Å². The molecule has 0 spiro atoms. The van der Waals surface area contributed by atoms with Crippen LogP contribution >= 0.6 is 0 Å². The summed E-state index contributed by atoms with van der Waals surface area (Å²) in [5.74, 6) is -1.56. The lowest BCUT2D eigenvalue weighted by molar-refractivity contribution is -0.137. The summed E-state index contributed by atoms with van der Waals surface area (Å²) in [4.78, 5) is 40.1. The molecule has 1 aliphatic heterocycles. The van der Waals surface area contributed by atoms with Crippen LogP contribution in [0.1, 0.15) is 55.1 Å². The predicted molar refractivity (Wildman–Crippen MR) is 147 cm³/mol. The number of carbonyl (C=O) groups excluding carboxylic acids is 3. The van der Waals surface area contributed by atoms with Crippen molar-refractivity contribution in [3.8, 4) is 5.75 Å². The molecule has 0 aromatic heterocycles. The summed E-state index contributed by atoms with van der Waals surface area (Å²) >= 11 is 0. The Labute approximate surface area is 236 Å². The molecule has 1 saturated heterocycles. The molecule has 1 aliphatic rings. The first kappa shape index (κ1) is 31.7. The molecule has 2 aromatic rings. The number of hydrogen-bond acceptors (Lipinski definition) is 8. The Morgan fingerprint density at radius 1 is 1.10 bits per heavy atom. The maximum Gasteiger partial charge on any atom is 0.416 e. The Balaban J connectivity index is 1.59. The van der Waals surface area contributed by atoms with Crippen LogP contribution in [0, 0.1) is 5.92 Å². The van der Waals surface area contributed by atoms with Crippen molar-refractivity contribution < 1.29 is 37.4 Å². The second-order valence-electron chi connectivity index (χ2n) is 11.1. The number of likely N-dealkylation sites (tertiary alicyclic amines) is 1. The first-order chi connectivity index (χ1) is 19.0. The Morgan fingerprint density at radius 3 is 2.34 bits per heavy atom. The number of nitrogens with two attached hydrogens (primary N) is 2. The van der Waals surface area contributed by atoms with E-state index in [9.17, 15) is 32.7 Å². The van der Waals surface area contributed by atoms with Gasteiger partial charge in [-0.2, -0.15) is 13.2 Å². The van der Waals surface area contributed by atoms with Gasteiger partial charge in [-0.1, -0.05) is 6.07 Å². The number of carbonyl (C=O) groups is 3. The number of anilines is 2. The predicted octanol–water partition coefficient (Wildman–Crippen LogP) is 3.88. The molecule has 41 heavy (non-hydrogen) atoms. The molecule has 0 bridgehead atoms. The van der Waals surface area contributed by atoms with Gasteiger partial charge in [-0.05, 0) is 88.5 Å². The minimum Gasteiger partial charge on any atom is -0.506 e. The molecule has 10 nitrogen and oxygen atoms in total. The van der Waals surface area contributed by atoms with E-state index in [-0.39, 0.29) is 17.4 Å². The monoisotopic (exact) mass is 579 g/mol. The second kappa shape index (κ2) is 12.8. The molecule has 224 valence electrons. The van der Waals surface area contributed by atoms with Crippen molar-refractivity contribution in [2.75, 3.05) is 30.7 Å². The van der Waals surface area contributed by atoms with Crippen molar-refractivity contribution in [1.82, 2.24) is 10.2 Å². The van der Waals surface area contributed by atoms with Crippen molar-refractivity contribution in [3.05, 3.63) is 53.1 Å². The number of hydrogen-bond donors (Lipinski definition) is 5. The molecule has 1 fully saturated rings. The topological polar surface area (TPSA) is 160 Å². The number of nitrogens with zero attached hydrogens (tertiary/aromatic N) is 1. The zero-order valence-corrected chi connectivity index (χ0v) is 23.2. The number of nitrogen functional groups attached to an aromatic ring is 1. The SMILES string of the molecule is CC(C)(C)OC(=O)Nc1ccc(C(F)(F)F)cc1C(=O)NCC(=O)C(N)C1CCN(Cc2ccc(O)c(N)c2)CC1. The van der Waals surface area contributed by atoms with E-state index < -0.39 is 53.3 Å². The number of halogens is 3. The number of rotatable bonds is 8. The molecular formula is C28H36F3N5O5. The van der Waals surface area contributed by atoms with Crippen molar-refractivity contribution >= 4 is 29.2 Å². The smallest absolute Gasteiger partial charge is 0.416 e. The highest BCUT2D eigenvalue weighted by Crippen LogP contribution is 2.32. The summed E-state index contributed by atoms with van der Waals surface area (Å²) in [5, 5.41) is 14.2. The Hall–Kier alpha value is -3.84. The summed E-state index contributed by atoms with van der Waals surface area (Å²) in [6.07, 6.45) is -4.43. The van der Waals surface area contributed by atoms with E-state index in [1.54, 1.807) is 32.9 Å². The molecule has 2 aromatic carbocycles. The minimum atomic E-state index is -4.73. The van der Waals surface area contributed by atoms with Gasteiger partial charge >= 0.3 is 12.3 Å². The fourth-order valence-corrected chi connectivity index (χ4v) is 4.51. The summed E-state index contributed by atoms with van der Waals surface area (Å²) in [6, 6.07) is 6.44. The van der Waals surface area contributed by atoms with Crippen LogP contribution in [-0.4, -0.2) is 59.1 Å². The van der Waals surface area contributed by atoms with E-state index in [2.05, 4.69) is 15.5 Å². The third kappa shape index (κ3) is 9.08. The van der Waals surface area contributed by atoms with E-state index >= 15 is 0 Å².